The van der Waals surface area contributed by atoms with Gasteiger partial charge in [-0.2, -0.15) is 18.4 Å². The van der Waals surface area contributed by atoms with Crippen molar-refractivity contribution >= 4 is 5.91 Å². The standard InChI is InChI=1S/C14H16F3N3O/c1-9(2)10(3)20(8-14(15,16)17)13(21)12-5-4-11(6-18)7-19-12/h4-5,7,9-10H,8H2,1-3H3/t10-/m0/s1. The van der Waals surface area contributed by atoms with E-state index in [2.05, 4.69) is 4.98 Å². The molecule has 21 heavy (non-hydrogen) atoms. The summed E-state index contributed by atoms with van der Waals surface area (Å²) in [6.45, 7) is 3.73. The monoisotopic (exact) mass is 299 g/mol. The van der Waals surface area contributed by atoms with Crippen LogP contribution < -0.4 is 0 Å². The Morgan fingerprint density at radius 3 is 2.38 bits per heavy atom. The lowest BCUT2D eigenvalue weighted by atomic mass is 10.0. The maximum absolute atomic E-state index is 12.7. The molecular formula is C14H16F3N3O. The number of carbonyl (C=O) groups is 1. The highest BCUT2D eigenvalue weighted by molar-refractivity contribution is 5.92. The van der Waals surface area contributed by atoms with Crippen molar-refractivity contribution in [1.29, 1.82) is 5.26 Å². The van der Waals surface area contributed by atoms with Gasteiger partial charge in [0.2, 0.25) is 0 Å². The van der Waals surface area contributed by atoms with E-state index in [9.17, 15) is 18.0 Å². The maximum Gasteiger partial charge on any atom is 0.406 e. The lowest BCUT2D eigenvalue weighted by Crippen LogP contribution is -2.46. The van der Waals surface area contributed by atoms with Crippen LogP contribution in [0.5, 0.6) is 0 Å². The number of alkyl halides is 3. The SMILES string of the molecule is CC(C)[C@H](C)N(CC(F)(F)F)C(=O)c1ccc(C#N)cn1. The van der Waals surface area contributed by atoms with Gasteiger partial charge in [-0.3, -0.25) is 4.79 Å². The van der Waals surface area contributed by atoms with Crippen molar-refractivity contribution in [3.8, 4) is 6.07 Å². The number of pyridine rings is 1. The van der Waals surface area contributed by atoms with Gasteiger partial charge in [0.05, 0.1) is 5.56 Å². The first-order valence-corrected chi connectivity index (χ1v) is 6.39. The van der Waals surface area contributed by atoms with Crippen LogP contribution in [0.15, 0.2) is 18.3 Å². The molecule has 0 saturated carbocycles. The normalized spacial score (nSPS) is 12.9. The Kier molecular flexibility index (Phi) is 5.30. The van der Waals surface area contributed by atoms with E-state index < -0.39 is 24.7 Å². The summed E-state index contributed by atoms with van der Waals surface area (Å²) < 4.78 is 38.0. The van der Waals surface area contributed by atoms with Crippen LogP contribution in [0.25, 0.3) is 0 Å². The second kappa shape index (κ2) is 6.57. The number of rotatable bonds is 4. The third kappa shape index (κ3) is 4.74. The first kappa shape index (κ1) is 17.0. The Hall–Kier alpha value is -2.10. The third-order valence-electron chi connectivity index (χ3n) is 3.18. The maximum atomic E-state index is 12.7. The molecule has 1 heterocycles. The number of nitrogens with zero attached hydrogens (tertiary/aromatic N) is 3. The van der Waals surface area contributed by atoms with Crippen molar-refractivity contribution in [2.75, 3.05) is 6.54 Å². The van der Waals surface area contributed by atoms with Gasteiger partial charge in [-0.05, 0) is 25.0 Å². The molecular weight excluding hydrogens is 283 g/mol. The molecule has 7 heteroatoms. The van der Waals surface area contributed by atoms with Crippen molar-refractivity contribution in [2.45, 2.75) is 33.0 Å². The van der Waals surface area contributed by atoms with Crippen LogP contribution in [-0.2, 0) is 0 Å². The molecule has 0 fully saturated rings. The van der Waals surface area contributed by atoms with Crippen LogP contribution in [-0.4, -0.2) is 34.6 Å². The molecule has 0 aliphatic carbocycles. The minimum atomic E-state index is -4.48. The van der Waals surface area contributed by atoms with Gasteiger partial charge in [-0.1, -0.05) is 13.8 Å². The molecule has 0 aromatic carbocycles. The zero-order chi connectivity index (χ0) is 16.2. The predicted octanol–water partition coefficient (Wildman–Crippen LogP) is 3.00. The van der Waals surface area contributed by atoms with Crippen molar-refractivity contribution in [3.63, 3.8) is 0 Å². The molecule has 0 N–H and O–H groups in total. The number of aromatic nitrogens is 1. The largest absolute Gasteiger partial charge is 0.406 e. The summed E-state index contributed by atoms with van der Waals surface area (Å²) in [5.74, 6) is -0.923. The van der Waals surface area contributed by atoms with Crippen LogP contribution in [0.1, 0.15) is 36.8 Å². The number of nitriles is 1. The Labute approximate surface area is 121 Å². The molecule has 1 rings (SSSR count). The van der Waals surface area contributed by atoms with Crippen LogP contribution in [0, 0.1) is 17.2 Å². The Balaban J connectivity index is 3.06. The van der Waals surface area contributed by atoms with Gasteiger partial charge in [0.25, 0.3) is 5.91 Å². The highest BCUT2D eigenvalue weighted by Crippen LogP contribution is 2.22. The number of amides is 1. The summed E-state index contributed by atoms with van der Waals surface area (Å²) in [5.41, 5.74) is 0.136. The van der Waals surface area contributed by atoms with E-state index in [1.807, 2.05) is 6.07 Å². The van der Waals surface area contributed by atoms with Gasteiger partial charge in [-0.15, -0.1) is 0 Å². The molecule has 0 saturated heterocycles. The molecule has 0 spiro atoms. The van der Waals surface area contributed by atoms with Gasteiger partial charge >= 0.3 is 6.18 Å². The molecule has 1 amide bonds. The molecule has 0 bridgehead atoms. The van der Waals surface area contributed by atoms with Crippen LogP contribution >= 0.6 is 0 Å². The van der Waals surface area contributed by atoms with Crippen LogP contribution in [0.4, 0.5) is 13.2 Å². The fourth-order valence-electron chi connectivity index (χ4n) is 1.69. The van der Waals surface area contributed by atoms with E-state index in [0.717, 1.165) is 4.90 Å². The molecule has 0 radical (unpaired) electrons. The Morgan fingerprint density at radius 1 is 1.38 bits per heavy atom. The zero-order valence-electron chi connectivity index (χ0n) is 12.0. The second-order valence-corrected chi connectivity index (χ2v) is 5.08. The summed E-state index contributed by atoms with van der Waals surface area (Å²) >= 11 is 0. The smallest absolute Gasteiger partial charge is 0.325 e. The fraction of sp³-hybridized carbons (Fsp3) is 0.500. The lowest BCUT2D eigenvalue weighted by molar-refractivity contribution is -0.145. The fourth-order valence-corrected chi connectivity index (χ4v) is 1.69. The second-order valence-electron chi connectivity index (χ2n) is 5.08. The van der Waals surface area contributed by atoms with Gasteiger partial charge in [0.1, 0.15) is 18.3 Å². The first-order chi connectivity index (χ1) is 9.65. The molecule has 0 unspecified atom stereocenters. The molecule has 4 nitrogen and oxygen atoms in total. The van der Waals surface area contributed by atoms with Gasteiger partial charge in [0, 0.05) is 12.2 Å². The Bertz CT molecular complexity index is 532. The minimum absolute atomic E-state index is 0.106. The summed E-state index contributed by atoms with van der Waals surface area (Å²) in [6, 6.07) is 3.86. The number of hydrogen-bond donors (Lipinski definition) is 0. The molecule has 1 aromatic heterocycles. The highest BCUT2D eigenvalue weighted by Gasteiger charge is 2.36. The lowest BCUT2D eigenvalue weighted by Gasteiger charge is -2.32. The van der Waals surface area contributed by atoms with E-state index in [4.69, 9.17) is 5.26 Å². The molecule has 114 valence electrons. The average molecular weight is 299 g/mol. The van der Waals surface area contributed by atoms with Crippen LogP contribution in [0.3, 0.4) is 0 Å². The topological polar surface area (TPSA) is 57.0 Å². The van der Waals surface area contributed by atoms with E-state index in [1.165, 1.54) is 18.3 Å². The number of carbonyl (C=O) groups excluding carboxylic acids is 1. The van der Waals surface area contributed by atoms with Crippen molar-refractivity contribution in [3.05, 3.63) is 29.6 Å². The average Bonchev–Trinajstić information content (AvgIpc) is 2.42. The predicted molar refractivity (Wildman–Crippen MR) is 70.3 cm³/mol. The summed E-state index contributed by atoms with van der Waals surface area (Å²) in [7, 11) is 0. The van der Waals surface area contributed by atoms with E-state index >= 15 is 0 Å². The van der Waals surface area contributed by atoms with Gasteiger partial charge in [0.15, 0.2) is 0 Å². The Morgan fingerprint density at radius 2 is 2.00 bits per heavy atom. The van der Waals surface area contributed by atoms with Gasteiger partial charge < -0.3 is 4.90 Å². The quantitative estimate of drug-likeness (QED) is 0.858. The summed E-state index contributed by atoms with van der Waals surface area (Å²) in [5, 5.41) is 8.66. The number of hydrogen-bond acceptors (Lipinski definition) is 3. The van der Waals surface area contributed by atoms with Crippen molar-refractivity contribution in [2.24, 2.45) is 5.92 Å². The van der Waals surface area contributed by atoms with Gasteiger partial charge in [-0.25, -0.2) is 4.98 Å². The van der Waals surface area contributed by atoms with Crippen molar-refractivity contribution in [1.82, 2.24) is 9.88 Å². The van der Waals surface area contributed by atoms with E-state index in [1.54, 1.807) is 20.8 Å². The molecule has 1 atom stereocenters. The number of halogens is 3. The first-order valence-electron chi connectivity index (χ1n) is 6.39. The van der Waals surface area contributed by atoms with E-state index in [0.29, 0.717) is 0 Å². The zero-order valence-corrected chi connectivity index (χ0v) is 12.0. The molecule has 1 aromatic rings. The summed E-state index contributed by atoms with van der Waals surface area (Å²) in [6.07, 6.45) is -3.32. The van der Waals surface area contributed by atoms with Crippen molar-refractivity contribution < 1.29 is 18.0 Å². The molecule has 0 aliphatic heterocycles. The minimum Gasteiger partial charge on any atom is -0.325 e. The highest BCUT2D eigenvalue weighted by atomic mass is 19.4. The van der Waals surface area contributed by atoms with E-state index in [-0.39, 0.29) is 17.2 Å². The third-order valence-corrected chi connectivity index (χ3v) is 3.18. The molecule has 0 aliphatic rings. The van der Waals surface area contributed by atoms with Crippen LogP contribution in [0.2, 0.25) is 0 Å². The summed E-state index contributed by atoms with van der Waals surface area (Å²) in [4.78, 5) is 16.8.